The molecule has 1 N–H and O–H groups in total. The third kappa shape index (κ3) is 5.93. The van der Waals surface area contributed by atoms with Crippen molar-refractivity contribution in [3.8, 4) is 11.5 Å². The van der Waals surface area contributed by atoms with E-state index in [0.29, 0.717) is 26.4 Å². The molecule has 1 saturated heterocycles. The second-order valence-electron chi connectivity index (χ2n) is 7.75. The van der Waals surface area contributed by atoms with Crippen LogP contribution in [0.25, 0.3) is 0 Å². The molecule has 29 heavy (non-hydrogen) atoms. The first-order chi connectivity index (χ1) is 14.3. The number of hydrogen-bond donors (Lipinski definition) is 1. The molecule has 0 aliphatic carbocycles. The Bertz CT molecular complexity index is 750. The van der Waals surface area contributed by atoms with Crippen LogP contribution in [0.1, 0.15) is 5.56 Å². The molecule has 0 radical (unpaired) electrons. The van der Waals surface area contributed by atoms with Gasteiger partial charge in [0.05, 0.1) is 19.3 Å². The molecule has 156 valence electrons. The Hall–Kier alpha value is -2.12. The van der Waals surface area contributed by atoms with Gasteiger partial charge in [-0.3, -0.25) is 9.80 Å². The maximum atomic E-state index is 10.3. The number of para-hydroxylation sites is 2. The van der Waals surface area contributed by atoms with Gasteiger partial charge in [0.2, 0.25) is 0 Å². The molecule has 2 atom stereocenters. The molecule has 4 rings (SSSR count). The molecule has 1 fully saturated rings. The predicted molar refractivity (Wildman–Crippen MR) is 111 cm³/mol. The van der Waals surface area contributed by atoms with Crippen LogP contribution in [0.4, 0.5) is 0 Å². The van der Waals surface area contributed by atoms with Gasteiger partial charge in [-0.15, -0.1) is 0 Å². The number of fused-ring (bicyclic) bond motifs is 1. The van der Waals surface area contributed by atoms with E-state index < -0.39 is 6.10 Å². The second-order valence-corrected chi connectivity index (χ2v) is 7.75. The number of hydrogen-bond acceptors (Lipinski definition) is 6. The maximum Gasteiger partial charge on any atom is 0.161 e. The molecule has 0 unspecified atom stereocenters. The molecule has 6 nitrogen and oxygen atoms in total. The van der Waals surface area contributed by atoms with Gasteiger partial charge in [-0.05, 0) is 17.7 Å². The van der Waals surface area contributed by atoms with Crippen LogP contribution in [0.15, 0.2) is 54.6 Å². The third-order valence-corrected chi connectivity index (χ3v) is 5.36. The van der Waals surface area contributed by atoms with Crippen molar-refractivity contribution in [1.29, 1.82) is 0 Å². The third-order valence-electron chi connectivity index (χ3n) is 5.36. The minimum Gasteiger partial charge on any atom is -0.486 e. The maximum absolute atomic E-state index is 10.3. The van der Waals surface area contributed by atoms with Gasteiger partial charge >= 0.3 is 0 Å². The van der Waals surface area contributed by atoms with Gasteiger partial charge < -0.3 is 19.3 Å². The van der Waals surface area contributed by atoms with Crippen molar-refractivity contribution in [2.75, 3.05) is 52.5 Å². The summed E-state index contributed by atoms with van der Waals surface area (Å²) in [5.41, 5.74) is 1.35. The van der Waals surface area contributed by atoms with E-state index in [1.54, 1.807) is 0 Å². The van der Waals surface area contributed by atoms with E-state index in [-0.39, 0.29) is 6.10 Å². The van der Waals surface area contributed by atoms with Gasteiger partial charge in [0, 0.05) is 39.3 Å². The largest absolute Gasteiger partial charge is 0.486 e. The molecule has 2 aromatic rings. The van der Waals surface area contributed by atoms with Crippen molar-refractivity contribution < 1.29 is 19.3 Å². The van der Waals surface area contributed by atoms with Crippen molar-refractivity contribution in [2.24, 2.45) is 0 Å². The van der Waals surface area contributed by atoms with E-state index in [1.807, 2.05) is 24.3 Å². The van der Waals surface area contributed by atoms with E-state index in [0.717, 1.165) is 44.2 Å². The molecule has 0 spiro atoms. The summed E-state index contributed by atoms with van der Waals surface area (Å²) in [5, 5.41) is 10.3. The minimum absolute atomic E-state index is 0.140. The minimum atomic E-state index is -0.493. The Kier molecular flexibility index (Phi) is 7.00. The van der Waals surface area contributed by atoms with Crippen molar-refractivity contribution in [1.82, 2.24) is 9.80 Å². The van der Waals surface area contributed by atoms with Crippen molar-refractivity contribution in [3.05, 3.63) is 60.2 Å². The van der Waals surface area contributed by atoms with Crippen LogP contribution in [0.3, 0.4) is 0 Å². The molecule has 0 amide bonds. The number of aliphatic hydroxyl groups is 1. The van der Waals surface area contributed by atoms with Crippen molar-refractivity contribution >= 4 is 0 Å². The number of benzene rings is 2. The Morgan fingerprint density at radius 2 is 1.62 bits per heavy atom. The van der Waals surface area contributed by atoms with Crippen LogP contribution in [-0.4, -0.2) is 79.7 Å². The number of piperazine rings is 1. The standard InChI is InChI=1S/C23H30N2O4/c26-20(16-27-17-21-18-28-22-8-4-5-9-23(22)29-21)15-25-12-10-24(11-13-25)14-19-6-2-1-3-7-19/h1-9,20-21,26H,10-18H2/t20-,21+/m0/s1. The van der Waals surface area contributed by atoms with Crippen LogP contribution < -0.4 is 9.47 Å². The lowest BCUT2D eigenvalue weighted by Gasteiger charge is -2.35. The molecular formula is C23H30N2O4. The second kappa shape index (κ2) is 10.1. The summed E-state index contributed by atoms with van der Waals surface area (Å²) in [4.78, 5) is 4.78. The fourth-order valence-electron chi connectivity index (χ4n) is 3.80. The van der Waals surface area contributed by atoms with Gasteiger partial charge in [0.1, 0.15) is 6.61 Å². The Morgan fingerprint density at radius 3 is 2.41 bits per heavy atom. The number of ether oxygens (including phenoxy) is 3. The first-order valence-corrected chi connectivity index (χ1v) is 10.4. The molecule has 0 saturated carbocycles. The van der Waals surface area contributed by atoms with E-state index in [9.17, 15) is 5.11 Å². The summed E-state index contributed by atoms with van der Waals surface area (Å²) in [6, 6.07) is 18.2. The molecule has 0 aromatic heterocycles. The van der Waals surface area contributed by atoms with Crippen LogP contribution in [0.5, 0.6) is 11.5 Å². The molecule has 6 heteroatoms. The number of β-amino-alcohol motifs (C(OH)–C–C–N with tert-alkyl or cyclic N) is 1. The lowest BCUT2D eigenvalue weighted by Crippen LogP contribution is -2.48. The zero-order valence-corrected chi connectivity index (χ0v) is 16.8. The normalized spacial score (nSPS) is 21.1. The van der Waals surface area contributed by atoms with E-state index in [4.69, 9.17) is 14.2 Å². The Labute approximate surface area is 172 Å². The topological polar surface area (TPSA) is 54.4 Å². The number of rotatable bonds is 8. The highest BCUT2D eigenvalue weighted by molar-refractivity contribution is 5.40. The summed E-state index contributed by atoms with van der Waals surface area (Å²) in [5.74, 6) is 1.52. The van der Waals surface area contributed by atoms with Gasteiger partial charge in [0.25, 0.3) is 0 Å². The van der Waals surface area contributed by atoms with Gasteiger partial charge in [0.15, 0.2) is 17.6 Å². The highest BCUT2D eigenvalue weighted by atomic mass is 16.6. The fraction of sp³-hybridized carbons (Fsp3) is 0.478. The highest BCUT2D eigenvalue weighted by Gasteiger charge is 2.22. The monoisotopic (exact) mass is 398 g/mol. The molecule has 0 bridgehead atoms. The summed E-state index contributed by atoms with van der Waals surface area (Å²) >= 11 is 0. The SMILES string of the molecule is O[C@H](COC[C@@H]1COc2ccccc2O1)CN1CCN(Cc2ccccc2)CC1. The zero-order valence-electron chi connectivity index (χ0n) is 16.8. The molecular weight excluding hydrogens is 368 g/mol. The lowest BCUT2D eigenvalue weighted by molar-refractivity contribution is -0.0322. The Morgan fingerprint density at radius 1 is 0.931 bits per heavy atom. The molecule has 2 aliphatic heterocycles. The van der Waals surface area contributed by atoms with E-state index in [2.05, 4.69) is 40.1 Å². The number of aliphatic hydroxyl groups excluding tert-OH is 1. The quantitative estimate of drug-likeness (QED) is 0.734. The Balaban J connectivity index is 1.11. The van der Waals surface area contributed by atoms with Crippen LogP contribution in [0.2, 0.25) is 0 Å². The van der Waals surface area contributed by atoms with Crippen LogP contribution >= 0.6 is 0 Å². The van der Waals surface area contributed by atoms with Crippen LogP contribution in [0, 0.1) is 0 Å². The molecule has 2 heterocycles. The van der Waals surface area contributed by atoms with Gasteiger partial charge in [-0.25, -0.2) is 0 Å². The molecule has 2 aliphatic rings. The average Bonchev–Trinajstić information content (AvgIpc) is 2.76. The van der Waals surface area contributed by atoms with Crippen molar-refractivity contribution in [3.63, 3.8) is 0 Å². The van der Waals surface area contributed by atoms with E-state index in [1.165, 1.54) is 5.56 Å². The first kappa shape index (κ1) is 20.2. The van der Waals surface area contributed by atoms with Gasteiger partial charge in [-0.2, -0.15) is 0 Å². The highest BCUT2D eigenvalue weighted by Crippen LogP contribution is 2.30. The van der Waals surface area contributed by atoms with Crippen LogP contribution in [-0.2, 0) is 11.3 Å². The summed E-state index contributed by atoms with van der Waals surface area (Å²) in [6.07, 6.45) is -0.633. The number of nitrogens with zero attached hydrogens (tertiary/aromatic N) is 2. The average molecular weight is 399 g/mol. The fourth-order valence-corrected chi connectivity index (χ4v) is 3.80. The summed E-state index contributed by atoms with van der Waals surface area (Å²) in [7, 11) is 0. The predicted octanol–water partition coefficient (Wildman–Crippen LogP) is 2.02. The van der Waals surface area contributed by atoms with E-state index >= 15 is 0 Å². The molecule has 2 aromatic carbocycles. The lowest BCUT2D eigenvalue weighted by atomic mass is 10.2. The van der Waals surface area contributed by atoms with Crippen molar-refractivity contribution in [2.45, 2.75) is 18.8 Å². The summed E-state index contributed by atoms with van der Waals surface area (Å²) < 4.78 is 17.3. The zero-order chi connectivity index (χ0) is 19.9. The van der Waals surface area contributed by atoms with Gasteiger partial charge in [-0.1, -0.05) is 42.5 Å². The first-order valence-electron chi connectivity index (χ1n) is 10.4. The smallest absolute Gasteiger partial charge is 0.161 e. The summed E-state index contributed by atoms with van der Waals surface area (Å²) in [6.45, 7) is 6.82.